The van der Waals surface area contributed by atoms with Gasteiger partial charge < -0.3 is 10.1 Å². The highest BCUT2D eigenvalue weighted by atomic mass is 16.5. The van der Waals surface area contributed by atoms with Crippen molar-refractivity contribution in [1.29, 1.82) is 0 Å². The van der Waals surface area contributed by atoms with E-state index in [1.807, 2.05) is 18.2 Å². The lowest BCUT2D eigenvalue weighted by molar-refractivity contribution is 0.0937. The summed E-state index contributed by atoms with van der Waals surface area (Å²) in [5, 5.41) is 9.43. The molecule has 0 aliphatic rings. The fourth-order valence-electron chi connectivity index (χ4n) is 1.62. The highest BCUT2D eigenvalue weighted by molar-refractivity contribution is 5.95. The van der Waals surface area contributed by atoms with Gasteiger partial charge in [-0.05, 0) is 17.7 Å². The number of benzene rings is 1. The number of aromatic amines is 1. The molecule has 5 nitrogen and oxygen atoms in total. The van der Waals surface area contributed by atoms with Gasteiger partial charge in [-0.1, -0.05) is 12.1 Å². The van der Waals surface area contributed by atoms with E-state index in [1.54, 1.807) is 25.6 Å². The first-order valence-corrected chi connectivity index (χ1v) is 5.67. The van der Waals surface area contributed by atoms with E-state index in [9.17, 15) is 4.79 Å². The number of H-pyrrole nitrogens is 1. The van der Waals surface area contributed by atoms with E-state index in [0.717, 1.165) is 11.1 Å². The van der Waals surface area contributed by atoms with E-state index in [0.29, 0.717) is 18.7 Å². The Morgan fingerprint density at radius 3 is 3.06 bits per heavy atom. The van der Waals surface area contributed by atoms with Crippen LogP contribution in [0.5, 0.6) is 0 Å². The first-order chi connectivity index (χ1) is 8.81. The van der Waals surface area contributed by atoms with Gasteiger partial charge in [0.2, 0.25) is 0 Å². The van der Waals surface area contributed by atoms with E-state index in [1.165, 1.54) is 0 Å². The highest BCUT2D eigenvalue weighted by Crippen LogP contribution is 2.18. The summed E-state index contributed by atoms with van der Waals surface area (Å²) in [7, 11) is 1.60. The molecule has 0 bridgehead atoms. The van der Waals surface area contributed by atoms with Crippen LogP contribution in [0.25, 0.3) is 11.1 Å². The Hall–Kier alpha value is -2.14. The number of rotatable bonds is 5. The molecule has 0 fully saturated rings. The highest BCUT2D eigenvalue weighted by Gasteiger charge is 2.06. The third kappa shape index (κ3) is 2.95. The zero-order valence-corrected chi connectivity index (χ0v) is 10.1. The van der Waals surface area contributed by atoms with Gasteiger partial charge in [0.15, 0.2) is 0 Å². The van der Waals surface area contributed by atoms with Crippen LogP contribution in [0.3, 0.4) is 0 Å². The molecule has 0 saturated heterocycles. The number of hydrogen-bond donors (Lipinski definition) is 2. The van der Waals surface area contributed by atoms with Crippen LogP contribution in [-0.4, -0.2) is 36.4 Å². The number of carbonyl (C=O) groups is 1. The van der Waals surface area contributed by atoms with Gasteiger partial charge in [-0.25, -0.2) is 0 Å². The minimum absolute atomic E-state index is 0.0996. The van der Waals surface area contributed by atoms with Gasteiger partial charge in [0, 0.05) is 31.0 Å². The quantitative estimate of drug-likeness (QED) is 0.783. The molecular weight excluding hydrogens is 230 g/mol. The van der Waals surface area contributed by atoms with Crippen LogP contribution < -0.4 is 5.32 Å². The summed E-state index contributed by atoms with van der Waals surface area (Å²) in [5.41, 5.74) is 2.55. The average Bonchev–Trinajstić information content (AvgIpc) is 2.93. The second kappa shape index (κ2) is 5.97. The Morgan fingerprint density at radius 1 is 1.44 bits per heavy atom. The van der Waals surface area contributed by atoms with Crippen LogP contribution in [0.4, 0.5) is 0 Å². The number of nitrogens with zero attached hydrogens (tertiary/aromatic N) is 1. The summed E-state index contributed by atoms with van der Waals surface area (Å²) >= 11 is 0. The Balaban J connectivity index is 2.10. The van der Waals surface area contributed by atoms with E-state index in [-0.39, 0.29) is 5.91 Å². The SMILES string of the molecule is COCCNC(=O)c1cccc(-c2cn[nH]c2)c1. The maximum absolute atomic E-state index is 11.9. The van der Waals surface area contributed by atoms with Crippen LogP contribution in [-0.2, 0) is 4.74 Å². The Morgan fingerprint density at radius 2 is 2.33 bits per heavy atom. The van der Waals surface area contributed by atoms with Crippen molar-refractivity contribution in [1.82, 2.24) is 15.5 Å². The van der Waals surface area contributed by atoms with Gasteiger partial charge in [-0.3, -0.25) is 9.89 Å². The third-order valence-electron chi connectivity index (χ3n) is 2.55. The molecule has 2 aromatic rings. The number of nitrogens with one attached hydrogen (secondary N) is 2. The Bertz CT molecular complexity index is 509. The lowest BCUT2D eigenvalue weighted by Gasteiger charge is -2.05. The van der Waals surface area contributed by atoms with Crippen LogP contribution in [0.2, 0.25) is 0 Å². The second-order valence-electron chi connectivity index (χ2n) is 3.82. The van der Waals surface area contributed by atoms with Crippen LogP contribution >= 0.6 is 0 Å². The molecule has 1 heterocycles. The average molecular weight is 245 g/mol. The smallest absolute Gasteiger partial charge is 0.251 e. The standard InChI is InChI=1S/C13H15N3O2/c1-18-6-5-14-13(17)11-4-2-3-10(7-11)12-8-15-16-9-12/h2-4,7-9H,5-6H2,1H3,(H,14,17)(H,15,16). The molecular formula is C13H15N3O2. The summed E-state index contributed by atoms with van der Waals surface area (Å²) < 4.78 is 4.88. The molecule has 0 unspecified atom stereocenters. The number of carbonyl (C=O) groups excluding carboxylic acids is 1. The van der Waals surface area contributed by atoms with Crippen molar-refractivity contribution in [3.63, 3.8) is 0 Å². The zero-order chi connectivity index (χ0) is 12.8. The molecule has 0 aliphatic carbocycles. The van der Waals surface area contributed by atoms with Crippen molar-refractivity contribution >= 4 is 5.91 Å². The molecule has 18 heavy (non-hydrogen) atoms. The maximum atomic E-state index is 11.9. The molecule has 0 saturated carbocycles. The molecule has 1 aromatic heterocycles. The predicted molar refractivity (Wildman–Crippen MR) is 68.2 cm³/mol. The van der Waals surface area contributed by atoms with E-state index >= 15 is 0 Å². The fourth-order valence-corrected chi connectivity index (χ4v) is 1.62. The van der Waals surface area contributed by atoms with Crippen molar-refractivity contribution in [2.24, 2.45) is 0 Å². The number of ether oxygens (including phenoxy) is 1. The van der Waals surface area contributed by atoms with Gasteiger partial charge in [-0.15, -0.1) is 0 Å². The maximum Gasteiger partial charge on any atom is 0.251 e. The number of aromatic nitrogens is 2. The molecule has 5 heteroatoms. The van der Waals surface area contributed by atoms with Crippen molar-refractivity contribution < 1.29 is 9.53 Å². The minimum Gasteiger partial charge on any atom is -0.383 e. The van der Waals surface area contributed by atoms with Gasteiger partial charge >= 0.3 is 0 Å². The van der Waals surface area contributed by atoms with Gasteiger partial charge in [0.1, 0.15) is 0 Å². The third-order valence-corrected chi connectivity index (χ3v) is 2.55. The molecule has 2 rings (SSSR count). The second-order valence-corrected chi connectivity index (χ2v) is 3.82. The molecule has 0 spiro atoms. The molecule has 1 amide bonds. The fraction of sp³-hybridized carbons (Fsp3) is 0.231. The first kappa shape index (κ1) is 12.3. The monoisotopic (exact) mass is 245 g/mol. The number of methoxy groups -OCH3 is 1. The van der Waals surface area contributed by atoms with Crippen molar-refractivity contribution in [3.8, 4) is 11.1 Å². The lowest BCUT2D eigenvalue weighted by Crippen LogP contribution is -2.26. The van der Waals surface area contributed by atoms with Crippen molar-refractivity contribution in [2.75, 3.05) is 20.3 Å². The summed E-state index contributed by atoms with van der Waals surface area (Å²) in [6, 6.07) is 7.42. The van der Waals surface area contributed by atoms with Crippen LogP contribution in [0, 0.1) is 0 Å². The van der Waals surface area contributed by atoms with Crippen LogP contribution in [0.15, 0.2) is 36.7 Å². The van der Waals surface area contributed by atoms with Crippen molar-refractivity contribution in [3.05, 3.63) is 42.2 Å². The molecule has 2 N–H and O–H groups in total. The Kier molecular flexibility index (Phi) is 4.09. The lowest BCUT2D eigenvalue weighted by atomic mass is 10.1. The van der Waals surface area contributed by atoms with Gasteiger partial charge in [0.25, 0.3) is 5.91 Å². The molecule has 0 radical (unpaired) electrons. The van der Waals surface area contributed by atoms with Gasteiger partial charge in [-0.2, -0.15) is 5.10 Å². The normalized spacial score (nSPS) is 10.3. The minimum atomic E-state index is -0.0996. The molecule has 94 valence electrons. The molecule has 1 aromatic carbocycles. The number of hydrogen-bond acceptors (Lipinski definition) is 3. The van der Waals surface area contributed by atoms with E-state index in [4.69, 9.17) is 4.74 Å². The Labute approximate surface area is 105 Å². The molecule has 0 atom stereocenters. The predicted octanol–water partition coefficient (Wildman–Crippen LogP) is 1.45. The number of amides is 1. The topological polar surface area (TPSA) is 67.0 Å². The summed E-state index contributed by atoms with van der Waals surface area (Å²) in [6.45, 7) is 1.01. The van der Waals surface area contributed by atoms with E-state index < -0.39 is 0 Å². The van der Waals surface area contributed by atoms with Crippen LogP contribution in [0.1, 0.15) is 10.4 Å². The van der Waals surface area contributed by atoms with Crippen molar-refractivity contribution in [2.45, 2.75) is 0 Å². The molecule has 0 aliphatic heterocycles. The summed E-state index contributed by atoms with van der Waals surface area (Å²) in [5.74, 6) is -0.0996. The summed E-state index contributed by atoms with van der Waals surface area (Å²) in [4.78, 5) is 11.9. The zero-order valence-electron chi connectivity index (χ0n) is 10.1. The summed E-state index contributed by atoms with van der Waals surface area (Å²) in [6.07, 6.45) is 3.52. The van der Waals surface area contributed by atoms with Gasteiger partial charge in [0.05, 0.1) is 12.8 Å². The largest absolute Gasteiger partial charge is 0.383 e. The first-order valence-electron chi connectivity index (χ1n) is 5.67. The van der Waals surface area contributed by atoms with E-state index in [2.05, 4.69) is 15.5 Å².